The molecule has 0 spiro atoms. The normalized spacial score (nSPS) is 24.2. The second-order valence-corrected chi connectivity index (χ2v) is 9.12. The number of carbonyl (C=O) groups is 1. The van der Waals surface area contributed by atoms with Crippen LogP contribution < -0.4 is 9.47 Å². The SMILES string of the molecule is COC(=O)CC1COc2cc(OC3CC4c5c(cccc53)-c3ccccc3C4C)ccc21. The molecule has 1 aliphatic heterocycles. The first-order chi connectivity index (χ1) is 15.6. The summed E-state index contributed by atoms with van der Waals surface area (Å²) in [6.07, 6.45) is 1.34. The molecule has 0 aromatic heterocycles. The summed E-state index contributed by atoms with van der Waals surface area (Å²) in [6, 6.07) is 21.4. The molecular weight excluding hydrogens is 400 g/mol. The van der Waals surface area contributed by atoms with E-state index in [1.165, 1.54) is 34.9 Å². The number of hydrogen-bond donors (Lipinski definition) is 0. The van der Waals surface area contributed by atoms with Crippen molar-refractivity contribution in [2.24, 2.45) is 0 Å². The van der Waals surface area contributed by atoms with Crippen molar-refractivity contribution in [2.75, 3.05) is 13.7 Å². The zero-order valence-electron chi connectivity index (χ0n) is 18.3. The molecule has 4 atom stereocenters. The highest BCUT2D eigenvalue weighted by Crippen LogP contribution is 2.56. The number of benzene rings is 3. The lowest BCUT2D eigenvalue weighted by Crippen LogP contribution is -2.13. The zero-order chi connectivity index (χ0) is 21.8. The summed E-state index contributed by atoms with van der Waals surface area (Å²) in [7, 11) is 1.42. The molecule has 3 aliphatic rings. The predicted molar refractivity (Wildman–Crippen MR) is 122 cm³/mol. The third kappa shape index (κ3) is 2.93. The van der Waals surface area contributed by atoms with Crippen LogP contribution in [0.5, 0.6) is 11.5 Å². The van der Waals surface area contributed by atoms with Crippen LogP contribution in [0.25, 0.3) is 11.1 Å². The molecule has 0 bridgehead atoms. The third-order valence-electron chi connectivity index (χ3n) is 7.45. The molecule has 3 aromatic carbocycles. The fraction of sp³-hybridized carbons (Fsp3) is 0.321. The molecule has 0 fully saturated rings. The van der Waals surface area contributed by atoms with Gasteiger partial charge in [-0.05, 0) is 52.1 Å². The Hall–Kier alpha value is -3.27. The maximum absolute atomic E-state index is 11.7. The van der Waals surface area contributed by atoms with E-state index in [1.54, 1.807) is 0 Å². The first-order valence-corrected chi connectivity index (χ1v) is 11.4. The van der Waals surface area contributed by atoms with E-state index in [1.807, 2.05) is 18.2 Å². The number of fused-ring (bicyclic) bond motifs is 3. The maximum atomic E-state index is 11.7. The molecule has 2 aliphatic carbocycles. The van der Waals surface area contributed by atoms with Gasteiger partial charge in [0.2, 0.25) is 0 Å². The van der Waals surface area contributed by atoms with Crippen LogP contribution in [0.2, 0.25) is 0 Å². The molecule has 0 N–H and O–H groups in total. The van der Waals surface area contributed by atoms with Crippen LogP contribution in [0.4, 0.5) is 0 Å². The number of methoxy groups -OCH3 is 1. The van der Waals surface area contributed by atoms with Crippen molar-refractivity contribution < 1.29 is 19.0 Å². The van der Waals surface area contributed by atoms with Gasteiger partial charge >= 0.3 is 5.97 Å². The Morgan fingerprint density at radius 1 is 1.00 bits per heavy atom. The number of rotatable bonds is 4. The van der Waals surface area contributed by atoms with E-state index in [2.05, 4.69) is 49.4 Å². The van der Waals surface area contributed by atoms with Gasteiger partial charge in [-0.3, -0.25) is 4.79 Å². The lowest BCUT2D eigenvalue weighted by atomic mass is 9.73. The van der Waals surface area contributed by atoms with Crippen molar-refractivity contribution in [1.29, 1.82) is 0 Å². The highest BCUT2D eigenvalue weighted by atomic mass is 16.5. The van der Waals surface area contributed by atoms with Crippen LogP contribution in [0, 0.1) is 0 Å². The second-order valence-electron chi connectivity index (χ2n) is 9.12. The van der Waals surface area contributed by atoms with Crippen molar-refractivity contribution >= 4 is 5.97 Å². The average Bonchev–Trinajstić information content (AvgIpc) is 3.39. The van der Waals surface area contributed by atoms with Crippen LogP contribution in [0.1, 0.15) is 65.9 Å². The van der Waals surface area contributed by atoms with Gasteiger partial charge in [0.1, 0.15) is 17.6 Å². The molecule has 162 valence electrons. The fourth-order valence-corrected chi connectivity index (χ4v) is 5.86. The standard InChI is InChI=1S/C28H26O4/c1-16-19-6-3-4-7-21(19)22-8-5-9-23-26(14-24(16)28(22)23)32-18-10-11-20-17(12-27(29)30-2)15-31-25(20)13-18/h3-11,13,16-17,24,26H,12,14-15H2,1-2H3. The van der Waals surface area contributed by atoms with Gasteiger partial charge in [0.15, 0.2) is 0 Å². The van der Waals surface area contributed by atoms with Gasteiger partial charge in [-0.2, -0.15) is 0 Å². The molecular formula is C28H26O4. The summed E-state index contributed by atoms with van der Waals surface area (Å²) in [4.78, 5) is 11.7. The van der Waals surface area contributed by atoms with Gasteiger partial charge in [-0.25, -0.2) is 0 Å². The molecule has 4 unspecified atom stereocenters. The second kappa shape index (κ2) is 7.40. The first-order valence-electron chi connectivity index (χ1n) is 11.4. The summed E-state index contributed by atoms with van der Waals surface area (Å²) < 4.78 is 17.3. The van der Waals surface area contributed by atoms with E-state index in [9.17, 15) is 4.79 Å². The van der Waals surface area contributed by atoms with Crippen LogP contribution in [-0.4, -0.2) is 19.7 Å². The smallest absolute Gasteiger partial charge is 0.306 e. The quantitative estimate of drug-likeness (QED) is 0.472. The van der Waals surface area contributed by atoms with Crippen LogP contribution in [0.3, 0.4) is 0 Å². The minimum atomic E-state index is -0.211. The van der Waals surface area contributed by atoms with Crippen molar-refractivity contribution in [1.82, 2.24) is 0 Å². The topological polar surface area (TPSA) is 44.8 Å². The van der Waals surface area contributed by atoms with Gasteiger partial charge in [-0.1, -0.05) is 55.5 Å². The number of esters is 1. The minimum absolute atomic E-state index is 0.0250. The molecule has 1 heterocycles. The van der Waals surface area contributed by atoms with Crippen LogP contribution in [0.15, 0.2) is 60.7 Å². The summed E-state index contributed by atoms with van der Waals surface area (Å²) in [5.74, 6) is 2.39. The van der Waals surface area contributed by atoms with Crippen molar-refractivity contribution in [3.63, 3.8) is 0 Å². The van der Waals surface area contributed by atoms with Crippen molar-refractivity contribution in [3.05, 3.63) is 82.9 Å². The van der Waals surface area contributed by atoms with E-state index >= 15 is 0 Å². The summed E-state index contributed by atoms with van der Waals surface area (Å²) in [5, 5.41) is 0. The van der Waals surface area contributed by atoms with E-state index in [4.69, 9.17) is 14.2 Å². The molecule has 0 saturated heterocycles. The number of ether oxygens (including phenoxy) is 3. The van der Waals surface area contributed by atoms with E-state index < -0.39 is 0 Å². The average molecular weight is 427 g/mol. The molecule has 32 heavy (non-hydrogen) atoms. The van der Waals surface area contributed by atoms with Crippen LogP contribution >= 0.6 is 0 Å². The Kier molecular flexibility index (Phi) is 4.49. The zero-order valence-corrected chi connectivity index (χ0v) is 18.3. The fourth-order valence-electron chi connectivity index (χ4n) is 5.86. The minimum Gasteiger partial charge on any atom is -0.492 e. The van der Waals surface area contributed by atoms with Gasteiger partial charge in [0, 0.05) is 17.5 Å². The third-order valence-corrected chi connectivity index (χ3v) is 7.45. The molecule has 0 radical (unpaired) electrons. The van der Waals surface area contributed by atoms with E-state index in [0.29, 0.717) is 24.9 Å². The molecule has 3 aromatic rings. The first kappa shape index (κ1) is 19.4. The Labute approximate surface area is 188 Å². The summed E-state index contributed by atoms with van der Waals surface area (Å²) >= 11 is 0. The Balaban J connectivity index is 1.29. The van der Waals surface area contributed by atoms with Gasteiger partial charge in [0.05, 0.1) is 20.1 Å². The van der Waals surface area contributed by atoms with Crippen molar-refractivity contribution in [2.45, 2.75) is 43.6 Å². The van der Waals surface area contributed by atoms with E-state index in [-0.39, 0.29) is 18.0 Å². The molecule has 0 amide bonds. The highest BCUT2D eigenvalue weighted by Gasteiger charge is 2.41. The highest BCUT2D eigenvalue weighted by molar-refractivity contribution is 5.77. The molecule has 6 rings (SSSR count). The Bertz CT molecular complexity index is 1210. The van der Waals surface area contributed by atoms with E-state index in [0.717, 1.165) is 23.5 Å². The molecule has 0 saturated carbocycles. The monoisotopic (exact) mass is 426 g/mol. The van der Waals surface area contributed by atoms with Crippen LogP contribution in [-0.2, 0) is 9.53 Å². The van der Waals surface area contributed by atoms with Gasteiger partial charge in [0.25, 0.3) is 0 Å². The van der Waals surface area contributed by atoms with Gasteiger partial charge < -0.3 is 14.2 Å². The lowest BCUT2D eigenvalue weighted by molar-refractivity contribution is -0.141. The van der Waals surface area contributed by atoms with Gasteiger partial charge in [-0.15, -0.1) is 0 Å². The Morgan fingerprint density at radius 3 is 2.69 bits per heavy atom. The predicted octanol–water partition coefficient (Wildman–Crippen LogP) is 6.12. The number of carbonyl (C=O) groups excluding carboxylic acids is 1. The van der Waals surface area contributed by atoms with Crippen molar-refractivity contribution in [3.8, 4) is 22.6 Å². The number of hydrogen-bond acceptors (Lipinski definition) is 4. The largest absolute Gasteiger partial charge is 0.492 e. The maximum Gasteiger partial charge on any atom is 0.306 e. The summed E-state index contributed by atoms with van der Waals surface area (Å²) in [5.41, 5.74) is 7.96. The molecule has 4 heteroatoms. The summed E-state index contributed by atoms with van der Waals surface area (Å²) in [6.45, 7) is 2.84. The Morgan fingerprint density at radius 2 is 1.81 bits per heavy atom. The lowest BCUT2D eigenvalue weighted by Gasteiger charge is -2.30. The molecule has 4 nitrogen and oxygen atoms in total.